The van der Waals surface area contributed by atoms with Gasteiger partial charge < -0.3 is 16.0 Å². The zero-order valence-corrected chi connectivity index (χ0v) is 19.6. The number of imidazole rings is 1. The first-order chi connectivity index (χ1) is 17.5. The number of amides is 2. The molecule has 9 nitrogen and oxygen atoms in total. The predicted molar refractivity (Wildman–Crippen MR) is 136 cm³/mol. The summed E-state index contributed by atoms with van der Waals surface area (Å²) in [6, 6.07) is 12.7. The first-order valence-corrected chi connectivity index (χ1v) is 11.9. The molecule has 3 aromatic heterocycles. The molecule has 0 aliphatic carbocycles. The summed E-state index contributed by atoms with van der Waals surface area (Å²) < 4.78 is 1.97. The molecule has 6 rings (SSSR count). The molecule has 4 aromatic rings. The van der Waals surface area contributed by atoms with Crippen molar-refractivity contribution in [3.8, 4) is 11.3 Å². The third-order valence-electron chi connectivity index (χ3n) is 7.35. The van der Waals surface area contributed by atoms with E-state index in [-0.39, 0.29) is 17.9 Å². The van der Waals surface area contributed by atoms with Crippen LogP contribution in [-0.4, -0.2) is 42.1 Å². The molecule has 2 fully saturated rings. The lowest BCUT2D eigenvalue weighted by atomic mass is 9.87. The van der Waals surface area contributed by atoms with E-state index in [1.165, 1.54) is 6.08 Å². The number of anilines is 2. The third kappa shape index (κ3) is 3.27. The van der Waals surface area contributed by atoms with Crippen LogP contribution in [0.3, 0.4) is 0 Å². The van der Waals surface area contributed by atoms with E-state index < -0.39 is 5.54 Å². The summed E-state index contributed by atoms with van der Waals surface area (Å²) in [7, 11) is 0. The smallest absolute Gasteiger partial charge is 0.256 e. The number of hydrogen-bond acceptors (Lipinski definition) is 6. The quantitative estimate of drug-likeness (QED) is 0.421. The molecule has 2 saturated heterocycles. The van der Waals surface area contributed by atoms with Gasteiger partial charge in [0.25, 0.3) is 5.91 Å². The van der Waals surface area contributed by atoms with Crippen molar-refractivity contribution < 1.29 is 9.59 Å². The third-order valence-corrected chi connectivity index (χ3v) is 7.35. The number of pyridine rings is 1. The molecule has 180 valence electrons. The first-order valence-electron chi connectivity index (χ1n) is 11.9. The molecule has 9 heteroatoms. The van der Waals surface area contributed by atoms with Crippen LogP contribution in [-0.2, 0) is 10.3 Å². The number of hydrogen-bond donors (Lipinski definition) is 2. The fraction of sp³-hybridized carbons (Fsp3) is 0.222. The number of carbonyl (C=O) groups is 2. The summed E-state index contributed by atoms with van der Waals surface area (Å²) in [6.45, 7) is 3.72. The summed E-state index contributed by atoms with van der Waals surface area (Å²) >= 11 is 0. The van der Waals surface area contributed by atoms with Gasteiger partial charge in [0, 0.05) is 35.8 Å². The van der Waals surface area contributed by atoms with Crippen LogP contribution in [0.25, 0.3) is 16.8 Å². The molecule has 1 aromatic carbocycles. The minimum absolute atomic E-state index is 0.0707. The summed E-state index contributed by atoms with van der Waals surface area (Å²) in [5.74, 6) is 1.30. The molecule has 2 aliphatic rings. The van der Waals surface area contributed by atoms with Gasteiger partial charge in [-0.15, -0.1) is 0 Å². The number of nitrogens with two attached hydrogens (primary N) is 1. The molecule has 36 heavy (non-hydrogen) atoms. The number of aromatic nitrogens is 4. The van der Waals surface area contributed by atoms with Gasteiger partial charge in [0.15, 0.2) is 0 Å². The number of nitrogen functional groups attached to an aromatic ring is 1. The van der Waals surface area contributed by atoms with Gasteiger partial charge >= 0.3 is 0 Å². The summed E-state index contributed by atoms with van der Waals surface area (Å²) in [4.78, 5) is 41.0. The zero-order valence-electron chi connectivity index (χ0n) is 19.6. The molecule has 2 amide bonds. The molecular weight excluding hydrogens is 454 g/mol. The number of rotatable bonds is 5. The van der Waals surface area contributed by atoms with Crippen molar-refractivity contribution in [2.45, 2.75) is 37.3 Å². The van der Waals surface area contributed by atoms with Gasteiger partial charge in [-0.1, -0.05) is 24.8 Å². The standard InChI is InChI=1S/C27H25N7O2/c1-2-21(35)34-19-10-12-27(34,13-11-19)26-32-22(23-24(28)30-15-16-33(23)26)17-6-8-18(9-7-17)25(36)31-20-5-3-4-14-29-20/h2-9,14-16,19H,1,10-13H2,(H2,28,30)(H,29,31,36). The molecule has 0 saturated carbocycles. The van der Waals surface area contributed by atoms with E-state index in [2.05, 4.69) is 21.9 Å². The highest BCUT2D eigenvalue weighted by Crippen LogP contribution is 2.53. The maximum atomic E-state index is 12.9. The molecular formula is C27H25N7O2. The predicted octanol–water partition coefficient (Wildman–Crippen LogP) is 3.79. The molecule has 0 unspecified atom stereocenters. The Balaban J connectivity index is 1.41. The van der Waals surface area contributed by atoms with Gasteiger partial charge in [0.1, 0.15) is 34.2 Å². The Hall–Kier alpha value is -4.53. The molecule has 5 heterocycles. The van der Waals surface area contributed by atoms with Gasteiger partial charge in [-0.05, 0) is 56.0 Å². The van der Waals surface area contributed by atoms with Crippen LogP contribution in [0, 0.1) is 0 Å². The minimum Gasteiger partial charge on any atom is -0.382 e. The van der Waals surface area contributed by atoms with Gasteiger partial charge in [-0.3, -0.25) is 14.0 Å². The number of benzene rings is 1. The van der Waals surface area contributed by atoms with E-state index in [4.69, 9.17) is 10.7 Å². The van der Waals surface area contributed by atoms with Crippen molar-refractivity contribution in [3.63, 3.8) is 0 Å². The van der Waals surface area contributed by atoms with Gasteiger partial charge in [0.05, 0.1) is 0 Å². The van der Waals surface area contributed by atoms with Crippen LogP contribution in [0.5, 0.6) is 0 Å². The largest absolute Gasteiger partial charge is 0.382 e. The second kappa shape index (κ2) is 8.30. The van der Waals surface area contributed by atoms with Crippen molar-refractivity contribution in [3.05, 3.63) is 85.1 Å². The minimum atomic E-state index is -0.507. The normalized spacial score (nSPS) is 20.6. The van der Waals surface area contributed by atoms with Gasteiger partial charge in [0.2, 0.25) is 5.91 Å². The fourth-order valence-electron chi connectivity index (χ4n) is 5.75. The summed E-state index contributed by atoms with van der Waals surface area (Å²) in [6.07, 6.45) is 10.1. The average molecular weight is 480 g/mol. The van der Waals surface area contributed by atoms with Crippen molar-refractivity contribution in [2.24, 2.45) is 0 Å². The van der Waals surface area contributed by atoms with Crippen LogP contribution in [0.4, 0.5) is 11.6 Å². The zero-order chi connectivity index (χ0) is 24.9. The lowest BCUT2D eigenvalue weighted by molar-refractivity contribution is -0.130. The molecule has 0 radical (unpaired) electrons. The highest BCUT2D eigenvalue weighted by atomic mass is 16.2. The average Bonchev–Trinajstić information content (AvgIpc) is 3.60. The maximum absolute atomic E-state index is 12.9. The Labute approximate surface area is 207 Å². The Kier molecular flexibility index (Phi) is 5.06. The maximum Gasteiger partial charge on any atom is 0.256 e. The van der Waals surface area contributed by atoms with E-state index in [0.29, 0.717) is 28.4 Å². The van der Waals surface area contributed by atoms with E-state index in [1.807, 2.05) is 33.7 Å². The number of fused-ring (bicyclic) bond motifs is 3. The second-order valence-electron chi connectivity index (χ2n) is 9.24. The topological polar surface area (TPSA) is 119 Å². The lowest BCUT2D eigenvalue weighted by Gasteiger charge is -2.33. The first kappa shape index (κ1) is 22.0. The molecule has 0 atom stereocenters. The van der Waals surface area contributed by atoms with Crippen molar-refractivity contribution >= 4 is 29.0 Å². The van der Waals surface area contributed by atoms with Crippen LogP contribution in [0.2, 0.25) is 0 Å². The van der Waals surface area contributed by atoms with Crippen molar-refractivity contribution in [2.75, 3.05) is 11.1 Å². The van der Waals surface area contributed by atoms with Gasteiger partial charge in [-0.2, -0.15) is 0 Å². The van der Waals surface area contributed by atoms with Crippen LogP contribution in [0.1, 0.15) is 41.9 Å². The number of nitrogens with zero attached hydrogens (tertiary/aromatic N) is 5. The molecule has 2 aliphatic heterocycles. The van der Waals surface area contributed by atoms with Crippen molar-refractivity contribution in [1.82, 2.24) is 24.3 Å². The van der Waals surface area contributed by atoms with E-state index >= 15 is 0 Å². The highest BCUT2D eigenvalue weighted by Gasteiger charge is 2.56. The molecule has 3 N–H and O–H groups in total. The summed E-state index contributed by atoms with van der Waals surface area (Å²) in [5, 5.41) is 2.79. The highest BCUT2D eigenvalue weighted by molar-refractivity contribution is 6.04. The Morgan fingerprint density at radius 1 is 1.08 bits per heavy atom. The Morgan fingerprint density at radius 3 is 2.56 bits per heavy atom. The summed E-state index contributed by atoms with van der Waals surface area (Å²) in [5.41, 5.74) is 8.50. The van der Waals surface area contributed by atoms with Crippen LogP contribution >= 0.6 is 0 Å². The van der Waals surface area contributed by atoms with Gasteiger partial charge in [-0.25, -0.2) is 15.0 Å². The van der Waals surface area contributed by atoms with Crippen molar-refractivity contribution in [1.29, 1.82) is 0 Å². The number of carbonyl (C=O) groups excluding carboxylic acids is 2. The van der Waals surface area contributed by atoms with E-state index in [9.17, 15) is 9.59 Å². The van der Waals surface area contributed by atoms with Crippen LogP contribution < -0.4 is 11.1 Å². The Morgan fingerprint density at radius 2 is 1.86 bits per heavy atom. The SMILES string of the molecule is C=CC(=O)N1C2CCC1(c1nc(-c3ccc(C(=O)Nc4ccccn4)cc3)c3c(N)nccn13)CC2. The fourth-order valence-corrected chi connectivity index (χ4v) is 5.75. The molecule has 0 spiro atoms. The lowest BCUT2D eigenvalue weighted by Crippen LogP contribution is -2.43. The van der Waals surface area contributed by atoms with E-state index in [0.717, 1.165) is 37.1 Å². The second-order valence-corrected chi connectivity index (χ2v) is 9.24. The monoisotopic (exact) mass is 479 g/mol. The van der Waals surface area contributed by atoms with Crippen LogP contribution in [0.15, 0.2) is 73.7 Å². The molecule has 2 bridgehead atoms. The van der Waals surface area contributed by atoms with E-state index in [1.54, 1.807) is 36.7 Å². The Bertz CT molecular complexity index is 1490. The number of nitrogens with one attached hydrogen (secondary N) is 1.